The Balaban J connectivity index is 1.86. The Hall–Kier alpha value is -2.60. The summed E-state index contributed by atoms with van der Waals surface area (Å²) in [6.07, 6.45) is -10.5. The van der Waals surface area contributed by atoms with E-state index in [1.165, 1.54) is 36.1 Å². The first-order valence-electron chi connectivity index (χ1n) is 10.7. The summed E-state index contributed by atoms with van der Waals surface area (Å²) in [6, 6.07) is 8.59. The molecule has 0 unspecified atom stereocenters. The van der Waals surface area contributed by atoms with Crippen molar-refractivity contribution >= 4 is 21.4 Å². The molecule has 192 valence electrons. The van der Waals surface area contributed by atoms with Gasteiger partial charge in [0.05, 0.1) is 17.1 Å². The maximum atomic E-state index is 13.1. The van der Waals surface area contributed by atoms with Crippen molar-refractivity contribution in [2.75, 3.05) is 17.2 Å². The number of anilines is 1. The highest BCUT2D eigenvalue weighted by atomic mass is 32.2. The van der Waals surface area contributed by atoms with Crippen molar-refractivity contribution in [3.63, 3.8) is 0 Å². The number of amides is 1. The number of carbonyl (C=O) groups is 1. The van der Waals surface area contributed by atoms with Crippen LogP contribution < -0.4 is 4.90 Å². The molecule has 0 aliphatic heterocycles. The van der Waals surface area contributed by atoms with Gasteiger partial charge < -0.3 is 10.0 Å². The van der Waals surface area contributed by atoms with E-state index in [0.717, 1.165) is 25.0 Å². The van der Waals surface area contributed by atoms with Crippen LogP contribution in [0.15, 0.2) is 53.4 Å². The predicted octanol–water partition coefficient (Wildman–Crippen LogP) is 4.78. The van der Waals surface area contributed by atoms with Crippen molar-refractivity contribution in [1.82, 2.24) is 0 Å². The van der Waals surface area contributed by atoms with Crippen LogP contribution in [0, 0.1) is 5.92 Å². The summed E-state index contributed by atoms with van der Waals surface area (Å²) in [4.78, 5) is 14.4. The van der Waals surface area contributed by atoms with Crippen molar-refractivity contribution < 1.29 is 44.7 Å². The molecule has 0 spiro atoms. The van der Waals surface area contributed by atoms with E-state index in [1.54, 1.807) is 0 Å². The lowest BCUT2D eigenvalue weighted by molar-refractivity contribution is -0.376. The number of carbonyl (C=O) groups excluding carboxylic acids is 1. The molecular formula is C23H23F6NO4S. The van der Waals surface area contributed by atoms with Gasteiger partial charge in [-0.05, 0) is 48.6 Å². The summed E-state index contributed by atoms with van der Waals surface area (Å²) < 4.78 is 103. The summed E-state index contributed by atoms with van der Waals surface area (Å²) in [5.41, 5.74) is -5.88. The van der Waals surface area contributed by atoms with E-state index in [4.69, 9.17) is 0 Å². The Morgan fingerprint density at radius 1 is 0.943 bits per heavy atom. The Morgan fingerprint density at radius 2 is 1.46 bits per heavy atom. The van der Waals surface area contributed by atoms with E-state index in [9.17, 15) is 44.7 Å². The second kappa shape index (κ2) is 9.45. The smallest absolute Gasteiger partial charge is 0.369 e. The summed E-state index contributed by atoms with van der Waals surface area (Å²) in [5.74, 6) is -0.399. The van der Waals surface area contributed by atoms with Crippen LogP contribution in [0.3, 0.4) is 0 Å². The van der Waals surface area contributed by atoms with E-state index in [0.29, 0.717) is 17.7 Å². The lowest BCUT2D eigenvalue weighted by Crippen LogP contribution is -2.53. The van der Waals surface area contributed by atoms with Crippen molar-refractivity contribution in [2.24, 2.45) is 5.92 Å². The van der Waals surface area contributed by atoms with Gasteiger partial charge in [-0.3, -0.25) is 4.79 Å². The quantitative estimate of drug-likeness (QED) is 0.506. The average Bonchev–Trinajstić information content (AvgIpc) is 3.60. The first-order valence-corrected chi connectivity index (χ1v) is 12.3. The Labute approximate surface area is 198 Å². The van der Waals surface area contributed by atoms with E-state index in [1.807, 2.05) is 0 Å². The molecule has 2 aromatic carbocycles. The van der Waals surface area contributed by atoms with Crippen LogP contribution in [0.5, 0.6) is 0 Å². The number of aliphatic hydroxyl groups is 1. The monoisotopic (exact) mass is 523 g/mol. The first-order chi connectivity index (χ1) is 16.1. The van der Waals surface area contributed by atoms with Gasteiger partial charge in [0, 0.05) is 17.8 Å². The van der Waals surface area contributed by atoms with Gasteiger partial charge in [0.25, 0.3) is 5.60 Å². The van der Waals surface area contributed by atoms with Gasteiger partial charge in [-0.2, -0.15) is 26.3 Å². The van der Waals surface area contributed by atoms with Crippen LogP contribution in [0.4, 0.5) is 32.0 Å². The van der Waals surface area contributed by atoms with Gasteiger partial charge in [0.1, 0.15) is 0 Å². The largest absolute Gasteiger partial charge is 0.430 e. The summed E-state index contributed by atoms with van der Waals surface area (Å²) in [6.45, 7) is 1.72. The molecule has 0 saturated heterocycles. The third kappa shape index (κ3) is 5.64. The van der Waals surface area contributed by atoms with Crippen LogP contribution in [0.2, 0.25) is 0 Å². The minimum absolute atomic E-state index is 0.0857. The second-order valence-electron chi connectivity index (χ2n) is 8.42. The number of nitrogens with zero attached hydrogens (tertiary/aromatic N) is 1. The third-order valence-electron chi connectivity index (χ3n) is 5.87. The fraction of sp³-hybridized carbons (Fsp3) is 0.435. The molecule has 12 heteroatoms. The molecule has 0 atom stereocenters. The molecule has 2 aromatic rings. The van der Waals surface area contributed by atoms with Gasteiger partial charge >= 0.3 is 12.4 Å². The van der Waals surface area contributed by atoms with E-state index >= 15 is 0 Å². The molecule has 1 saturated carbocycles. The molecule has 0 bridgehead atoms. The maximum absolute atomic E-state index is 13.1. The highest BCUT2D eigenvalue weighted by molar-refractivity contribution is 7.91. The van der Waals surface area contributed by atoms with Crippen molar-refractivity contribution in [2.45, 2.75) is 49.0 Å². The molecule has 1 amide bonds. The van der Waals surface area contributed by atoms with Crippen LogP contribution in [-0.4, -0.2) is 44.1 Å². The fourth-order valence-corrected chi connectivity index (χ4v) is 4.42. The Kier molecular flexibility index (Phi) is 7.29. The molecule has 0 radical (unpaired) electrons. The molecular weight excluding hydrogens is 500 g/mol. The normalized spacial score (nSPS) is 15.2. The maximum Gasteiger partial charge on any atom is 0.430 e. The molecule has 0 aromatic heterocycles. The van der Waals surface area contributed by atoms with Crippen molar-refractivity contribution in [3.05, 3.63) is 59.7 Å². The number of halogens is 6. The standard InChI is InChI=1S/C23H23F6NO4S/c1-2-35(33,34)19-11-5-15(6-12-19)13-20(31)30(14-16-3-4-16)18-9-7-17(8-10-18)21(32,22(24,25)26)23(27,28)29/h5-12,16,32H,2-4,13-14H2,1H3. The highest BCUT2D eigenvalue weighted by Crippen LogP contribution is 2.50. The Morgan fingerprint density at radius 3 is 1.89 bits per heavy atom. The van der Waals surface area contributed by atoms with Crippen LogP contribution >= 0.6 is 0 Å². The predicted molar refractivity (Wildman–Crippen MR) is 115 cm³/mol. The number of hydrogen-bond donors (Lipinski definition) is 1. The molecule has 5 nitrogen and oxygen atoms in total. The topological polar surface area (TPSA) is 74.7 Å². The number of rotatable bonds is 8. The first kappa shape index (κ1) is 27.0. The summed E-state index contributed by atoms with van der Waals surface area (Å²) >= 11 is 0. The van der Waals surface area contributed by atoms with Gasteiger partial charge in [-0.25, -0.2) is 8.42 Å². The molecule has 1 aliphatic carbocycles. The molecule has 0 heterocycles. The van der Waals surface area contributed by atoms with Gasteiger partial charge in [0.2, 0.25) is 5.91 Å². The van der Waals surface area contributed by atoms with E-state index < -0.39 is 39.3 Å². The summed E-state index contributed by atoms with van der Waals surface area (Å²) in [7, 11) is -3.42. The van der Waals surface area contributed by atoms with Crippen molar-refractivity contribution in [3.8, 4) is 0 Å². The van der Waals surface area contributed by atoms with Crippen LogP contribution in [-0.2, 0) is 26.7 Å². The second-order valence-corrected chi connectivity index (χ2v) is 10.7. The zero-order valence-corrected chi connectivity index (χ0v) is 19.3. The third-order valence-corrected chi connectivity index (χ3v) is 7.62. The van der Waals surface area contributed by atoms with Gasteiger partial charge in [-0.1, -0.05) is 31.2 Å². The zero-order chi connectivity index (χ0) is 26.2. The Bertz CT molecular complexity index is 1140. The molecule has 1 fully saturated rings. The van der Waals surface area contributed by atoms with Gasteiger partial charge in [0.15, 0.2) is 9.84 Å². The number of alkyl halides is 6. The SMILES string of the molecule is CCS(=O)(=O)c1ccc(CC(=O)N(CC2CC2)c2ccc(C(O)(C(F)(F)F)C(F)(F)F)cc2)cc1. The molecule has 35 heavy (non-hydrogen) atoms. The minimum Gasteiger partial charge on any atom is -0.369 e. The van der Waals surface area contributed by atoms with Crippen molar-refractivity contribution in [1.29, 1.82) is 0 Å². The van der Waals surface area contributed by atoms with Crippen LogP contribution in [0.1, 0.15) is 30.9 Å². The highest BCUT2D eigenvalue weighted by Gasteiger charge is 2.71. The lowest BCUT2D eigenvalue weighted by atomic mass is 9.92. The number of benzene rings is 2. The minimum atomic E-state index is -6.01. The number of hydrogen-bond acceptors (Lipinski definition) is 4. The van der Waals surface area contributed by atoms with E-state index in [2.05, 4.69) is 0 Å². The molecule has 3 rings (SSSR count). The van der Waals surface area contributed by atoms with Crippen LogP contribution in [0.25, 0.3) is 0 Å². The fourth-order valence-electron chi connectivity index (χ4n) is 3.53. The average molecular weight is 523 g/mol. The zero-order valence-electron chi connectivity index (χ0n) is 18.5. The number of sulfone groups is 1. The van der Waals surface area contributed by atoms with Gasteiger partial charge in [-0.15, -0.1) is 0 Å². The molecule has 1 N–H and O–H groups in total. The lowest BCUT2D eigenvalue weighted by Gasteiger charge is -2.33. The van der Waals surface area contributed by atoms with E-state index in [-0.39, 0.29) is 35.2 Å². The molecule has 1 aliphatic rings. The summed E-state index contributed by atoms with van der Waals surface area (Å²) in [5, 5.41) is 9.57.